The minimum absolute atomic E-state index is 0.0117. The van der Waals surface area contributed by atoms with Crippen molar-refractivity contribution < 1.29 is 24.2 Å². The number of Topliss-reactive ketones (excluding diaryl/α,β-unsaturated/α-hetero) is 1. The normalized spacial score (nSPS) is 23.9. The minimum atomic E-state index is -1.22. The summed E-state index contributed by atoms with van der Waals surface area (Å²) in [7, 11) is 0. The zero-order chi connectivity index (χ0) is 27.0. The van der Waals surface area contributed by atoms with Crippen molar-refractivity contribution in [1.82, 2.24) is 29.4 Å². The van der Waals surface area contributed by atoms with Gasteiger partial charge in [0.05, 0.1) is 12.8 Å². The Morgan fingerprint density at radius 3 is 2.43 bits per heavy atom. The Bertz CT molecular complexity index is 1140. The summed E-state index contributed by atoms with van der Waals surface area (Å²) in [5.41, 5.74) is 1.17. The van der Waals surface area contributed by atoms with Gasteiger partial charge in [0, 0.05) is 51.3 Å². The Morgan fingerprint density at radius 2 is 1.95 bits per heavy atom. The predicted molar refractivity (Wildman–Crippen MR) is 137 cm³/mol. The van der Waals surface area contributed by atoms with Gasteiger partial charge in [-0.3, -0.25) is 14.6 Å². The fourth-order valence-corrected chi connectivity index (χ4v) is 4.81. The second-order valence-corrected chi connectivity index (χ2v) is 11.3. The third kappa shape index (κ3) is 6.55. The molecule has 0 aromatic carbocycles. The van der Waals surface area contributed by atoms with E-state index in [-0.39, 0.29) is 23.3 Å². The van der Waals surface area contributed by atoms with E-state index in [9.17, 15) is 9.59 Å². The number of hydrogen-bond donors (Lipinski definition) is 2. The molecule has 204 valence electrons. The fourth-order valence-electron chi connectivity index (χ4n) is 4.81. The van der Waals surface area contributed by atoms with Gasteiger partial charge >= 0.3 is 6.16 Å². The standard InChI is InChI=1S/C20H29N7O2.C5H10O3/c1-13(2)16-10-21-27-18(16)23-17(14(3)28)24-19(27)22-15-4-6-25(7-5-15)11-20-12-26(20)8-9-29-20;1-5(2,3)8-4(6)7/h10,13,15H,4-9,11-12H2,1-3H3,(H,22,23,24);1-3H3,(H,6,7). The molecule has 3 fully saturated rings. The number of carbonyl (C=O) groups excluding carboxylic acids is 1. The van der Waals surface area contributed by atoms with Crippen LogP contribution in [0.3, 0.4) is 0 Å². The monoisotopic (exact) mass is 517 g/mol. The first-order valence-corrected chi connectivity index (χ1v) is 12.9. The van der Waals surface area contributed by atoms with Crippen LogP contribution in [0.15, 0.2) is 6.20 Å². The first-order chi connectivity index (χ1) is 17.4. The van der Waals surface area contributed by atoms with E-state index < -0.39 is 11.8 Å². The first kappa shape index (κ1) is 27.2. The van der Waals surface area contributed by atoms with Crippen molar-refractivity contribution in [2.75, 3.05) is 44.6 Å². The topological polar surface area (TPSA) is 134 Å². The van der Waals surface area contributed by atoms with Gasteiger partial charge in [0.1, 0.15) is 11.3 Å². The largest absolute Gasteiger partial charge is 0.506 e. The average Bonchev–Trinajstić information content (AvgIpc) is 3.12. The predicted octanol–water partition coefficient (Wildman–Crippen LogP) is 2.85. The fraction of sp³-hybridized carbons (Fsp3) is 0.720. The summed E-state index contributed by atoms with van der Waals surface area (Å²) >= 11 is 0. The molecule has 2 aromatic rings. The van der Waals surface area contributed by atoms with Gasteiger partial charge in [0.2, 0.25) is 11.8 Å². The Morgan fingerprint density at radius 1 is 1.24 bits per heavy atom. The highest BCUT2D eigenvalue weighted by molar-refractivity contribution is 5.91. The van der Waals surface area contributed by atoms with Crippen LogP contribution in [0, 0.1) is 0 Å². The van der Waals surface area contributed by atoms with E-state index in [0.29, 0.717) is 17.6 Å². The van der Waals surface area contributed by atoms with Crippen LogP contribution in [-0.2, 0) is 9.47 Å². The molecule has 2 N–H and O–H groups in total. The number of morpholine rings is 1. The molecule has 3 aliphatic rings. The van der Waals surface area contributed by atoms with Gasteiger partial charge in [-0.1, -0.05) is 13.8 Å². The molecule has 0 bridgehead atoms. The van der Waals surface area contributed by atoms with Crippen LogP contribution >= 0.6 is 0 Å². The lowest BCUT2D eigenvalue weighted by Crippen LogP contribution is -2.44. The van der Waals surface area contributed by atoms with Crippen molar-refractivity contribution in [1.29, 1.82) is 0 Å². The molecule has 3 aliphatic heterocycles. The van der Waals surface area contributed by atoms with Gasteiger partial charge in [-0.2, -0.15) is 14.6 Å². The Hall–Kier alpha value is -2.83. The molecule has 12 nitrogen and oxygen atoms in total. The van der Waals surface area contributed by atoms with Crippen molar-refractivity contribution in [2.45, 2.75) is 77.7 Å². The summed E-state index contributed by atoms with van der Waals surface area (Å²) in [6.45, 7) is 16.8. The highest BCUT2D eigenvalue weighted by Crippen LogP contribution is 2.39. The van der Waals surface area contributed by atoms with Crippen LogP contribution in [0.4, 0.5) is 10.7 Å². The highest BCUT2D eigenvalue weighted by atomic mass is 16.7. The van der Waals surface area contributed by atoms with E-state index in [0.717, 1.165) is 57.7 Å². The zero-order valence-electron chi connectivity index (χ0n) is 22.7. The number of carbonyl (C=O) groups is 2. The van der Waals surface area contributed by atoms with Crippen molar-refractivity contribution in [3.63, 3.8) is 0 Å². The van der Waals surface area contributed by atoms with Gasteiger partial charge in [-0.15, -0.1) is 0 Å². The second-order valence-electron chi connectivity index (χ2n) is 11.3. The molecular weight excluding hydrogens is 478 g/mol. The third-order valence-electron chi connectivity index (χ3n) is 6.76. The summed E-state index contributed by atoms with van der Waals surface area (Å²) in [5.74, 6) is 0.992. The molecule has 0 aliphatic carbocycles. The molecular formula is C25H39N7O5. The van der Waals surface area contributed by atoms with Gasteiger partial charge < -0.3 is 19.9 Å². The molecule has 0 radical (unpaired) electrons. The van der Waals surface area contributed by atoms with Crippen LogP contribution in [-0.4, -0.2) is 103 Å². The number of nitrogens with zero attached hydrogens (tertiary/aromatic N) is 6. The molecule has 12 heteroatoms. The number of anilines is 1. The van der Waals surface area contributed by atoms with Crippen molar-refractivity contribution >= 4 is 23.5 Å². The minimum Gasteiger partial charge on any atom is -0.450 e. The summed E-state index contributed by atoms with van der Waals surface area (Å²) in [6.07, 6.45) is 2.65. The number of ether oxygens (including phenoxy) is 2. The Labute approximate surface area is 217 Å². The maximum absolute atomic E-state index is 12.0. The van der Waals surface area contributed by atoms with E-state index >= 15 is 0 Å². The zero-order valence-corrected chi connectivity index (χ0v) is 22.7. The number of fused-ring (bicyclic) bond motifs is 2. The summed E-state index contributed by atoms with van der Waals surface area (Å²) in [4.78, 5) is 35.6. The van der Waals surface area contributed by atoms with E-state index in [1.807, 2.05) is 6.20 Å². The van der Waals surface area contributed by atoms with Crippen LogP contribution in [0.25, 0.3) is 5.65 Å². The van der Waals surface area contributed by atoms with Gasteiger partial charge in [0.15, 0.2) is 11.4 Å². The summed E-state index contributed by atoms with van der Waals surface area (Å²) in [5, 5.41) is 16.1. The van der Waals surface area contributed by atoms with Crippen molar-refractivity contribution in [3.8, 4) is 0 Å². The first-order valence-electron chi connectivity index (χ1n) is 12.9. The van der Waals surface area contributed by atoms with Crippen molar-refractivity contribution in [2.24, 2.45) is 0 Å². The highest BCUT2D eigenvalue weighted by Gasteiger charge is 2.57. The van der Waals surface area contributed by atoms with Gasteiger partial charge in [0.25, 0.3) is 0 Å². The lowest BCUT2D eigenvalue weighted by Gasteiger charge is -2.34. The number of likely N-dealkylation sites (tertiary alicyclic amines) is 1. The van der Waals surface area contributed by atoms with Crippen LogP contribution in [0.5, 0.6) is 0 Å². The maximum Gasteiger partial charge on any atom is 0.506 e. The lowest BCUT2D eigenvalue weighted by atomic mass is 10.0. The average molecular weight is 518 g/mol. The number of aromatic nitrogens is 4. The van der Waals surface area contributed by atoms with E-state index in [1.165, 1.54) is 6.92 Å². The van der Waals surface area contributed by atoms with E-state index in [2.05, 4.69) is 48.8 Å². The van der Waals surface area contributed by atoms with Crippen molar-refractivity contribution in [3.05, 3.63) is 17.6 Å². The molecule has 3 saturated heterocycles. The third-order valence-corrected chi connectivity index (χ3v) is 6.76. The number of hydrogen-bond acceptors (Lipinski definition) is 10. The van der Waals surface area contributed by atoms with Gasteiger partial charge in [-0.25, -0.2) is 9.78 Å². The summed E-state index contributed by atoms with van der Waals surface area (Å²) in [6, 6.07) is 0.299. The summed E-state index contributed by atoms with van der Waals surface area (Å²) < 4.78 is 12.0. The Balaban J connectivity index is 0.000000349. The lowest BCUT2D eigenvalue weighted by molar-refractivity contribution is 0.0149. The van der Waals surface area contributed by atoms with Crippen LogP contribution in [0.2, 0.25) is 0 Å². The Kier molecular flexibility index (Phi) is 7.72. The molecule has 37 heavy (non-hydrogen) atoms. The number of piperidine rings is 1. The second kappa shape index (κ2) is 10.5. The number of carboxylic acid groups (broad SMARTS) is 1. The molecule has 5 rings (SSSR count). The van der Waals surface area contributed by atoms with Gasteiger partial charge in [-0.05, 0) is 39.5 Å². The van der Waals surface area contributed by atoms with Crippen LogP contribution in [0.1, 0.15) is 76.5 Å². The maximum atomic E-state index is 12.0. The molecule has 2 unspecified atom stereocenters. The number of ketones is 1. The SMILES string of the molecule is CC(=O)c1nc(NC2CCN(CC34CN3CCO4)CC2)n2ncc(C(C)C)c2n1.CC(C)(C)OC(=O)O. The smallest absolute Gasteiger partial charge is 0.450 e. The molecule has 2 atom stereocenters. The van der Waals surface area contributed by atoms with E-state index in [4.69, 9.17) is 9.84 Å². The molecule has 0 saturated carbocycles. The molecule has 2 aromatic heterocycles. The molecule has 5 heterocycles. The molecule has 0 amide bonds. The van der Waals surface area contributed by atoms with Crippen LogP contribution < -0.4 is 5.32 Å². The molecule has 0 spiro atoms. The number of rotatable bonds is 6. The number of nitrogens with one attached hydrogen (secondary N) is 1. The quantitative estimate of drug-likeness (QED) is 0.333. The van der Waals surface area contributed by atoms with E-state index in [1.54, 1.807) is 25.3 Å².